The van der Waals surface area contributed by atoms with Crippen LogP contribution in [-0.2, 0) is 0 Å². The number of fused-ring (bicyclic) bond motifs is 4. The number of nitrogens with zero attached hydrogens (tertiary/aromatic N) is 3. The highest BCUT2D eigenvalue weighted by molar-refractivity contribution is 6.24. The fourth-order valence-corrected chi connectivity index (χ4v) is 5.55. The van der Waals surface area contributed by atoms with E-state index in [-0.39, 0.29) is 0 Å². The summed E-state index contributed by atoms with van der Waals surface area (Å²) in [6.07, 6.45) is 1.42. The number of nitrogens with one attached hydrogen (secondary N) is 1. The standard InChI is InChI=1S/C36H24N4O/c1-3-9-23(10-4-1)24-16-18-26(19-17-24)35-38-34(25-11-5-2-6-12-25)39-36(40-35)28-14-7-15-31-33(28)29-22-30-27(13-8-20-37-30)21-32(29)41-31/h1-22,35H,(H,38,39,40). The Morgan fingerprint density at radius 3 is 2.12 bits per heavy atom. The van der Waals surface area contributed by atoms with Crippen LogP contribution in [0.1, 0.15) is 22.9 Å². The van der Waals surface area contributed by atoms with E-state index in [0.29, 0.717) is 0 Å². The van der Waals surface area contributed by atoms with Gasteiger partial charge >= 0.3 is 0 Å². The zero-order valence-corrected chi connectivity index (χ0v) is 22.0. The average molecular weight is 529 g/mol. The number of amidine groups is 2. The van der Waals surface area contributed by atoms with Gasteiger partial charge in [-0.3, -0.25) is 4.98 Å². The quantitative estimate of drug-likeness (QED) is 0.250. The van der Waals surface area contributed by atoms with Gasteiger partial charge in [-0.1, -0.05) is 103 Å². The maximum Gasteiger partial charge on any atom is 0.169 e. The molecule has 0 bridgehead atoms. The summed E-state index contributed by atoms with van der Waals surface area (Å²) < 4.78 is 6.33. The summed E-state index contributed by atoms with van der Waals surface area (Å²) in [7, 11) is 0. The van der Waals surface area contributed by atoms with Gasteiger partial charge in [0.25, 0.3) is 0 Å². The minimum atomic E-state index is -0.401. The van der Waals surface area contributed by atoms with E-state index >= 15 is 0 Å². The third kappa shape index (κ3) is 4.15. The highest BCUT2D eigenvalue weighted by Crippen LogP contribution is 2.35. The fraction of sp³-hybridized carbons (Fsp3) is 0.0278. The molecule has 1 N–H and O–H groups in total. The van der Waals surface area contributed by atoms with Crippen molar-refractivity contribution in [1.82, 2.24) is 10.3 Å². The lowest BCUT2D eigenvalue weighted by Crippen LogP contribution is -2.36. The molecule has 1 aliphatic rings. The van der Waals surface area contributed by atoms with Gasteiger partial charge in [-0.25, -0.2) is 9.98 Å². The van der Waals surface area contributed by atoms with Crippen molar-refractivity contribution in [2.24, 2.45) is 9.98 Å². The third-order valence-corrected chi connectivity index (χ3v) is 7.58. The van der Waals surface area contributed by atoms with E-state index in [1.807, 2.05) is 48.7 Å². The third-order valence-electron chi connectivity index (χ3n) is 7.58. The molecule has 41 heavy (non-hydrogen) atoms. The van der Waals surface area contributed by atoms with Gasteiger partial charge in [-0.05, 0) is 41.0 Å². The zero-order chi connectivity index (χ0) is 27.2. The van der Waals surface area contributed by atoms with Gasteiger partial charge in [0.1, 0.15) is 22.8 Å². The van der Waals surface area contributed by atoms with Gasteiger partial charge in [0.05, 0.1) is 5.52 Å². The van der Waals surface area contributed by atoms with Crippen LogP contribution >= 0.6 is 0 Å². The Kier molecular flexibility index (Phi) is 5.45. The summed E-state index contributed by atoms with van der Waals surface area (Å²) in [6.45, 7) is 0. The minimum Gasteiger partial charge on any atom is -0.456 e. The van der Waals surface area contributed by atoms with E-state index in [1.54, 1.807) is 0 Å². The molecule has 0 saturated heterocycles. The van der Waals surface area contributed by atoms with Crippen LogP contribution in [0.25, 0.3) is 44.0 Å². The van der Waals surface area contributed by atoms with Crippen molar-refractivity contribution >= 4 is 44.5 Å². The molecule has 7 aromatic rings. The average Bonchev–Trinajstić information content (AvgIpc) is 3.42. The summed E-state index contributed by atoms with van der Waals surface area (Å²) in [4.78, 5) is 14.8. The van der Waals surface area contributed by atoms with E-state index < -0.39 is 6.17 Å². The molecule has 5 nitrogen and oxygen atoms in total. The molecule has 8 rings (SSSR count). The number of benzene rings is 5. The van der Waals surface area contributed by atoms with E-state index in [4.69, 9.17) is 14.4 Å². The second kappa shape index (κ2) is 9.57. The predicted molar refractivity (Wildman–Crippen MR) is 166 cm³/mol. The highest BCUT2D eigenvalue weighted by Gasteiger charge is 2.23. The number of aromatic nitrogens is 1. The molecule has 1 unspecified atom stereocenters. The molecule has 5 aromatic carbocycles. The van der Waals surface area contributed by atoms with Gasteiger partial charge in [0.15, 0.2) is 6.17 Å². The number of hydrogen-bond acceptors (Lipinski definition) is 5. The molecule has 1 aliphatic heterocycles. The number of rotatable bonds is 4. The second-order valence-electron chi connectivity index (χ2n) is 10.1. The van der Waals surface area contributed by atoms with Gasteiger partial charge < -0.3 is 9.73 Å². The minimum absolute atomic E-state index is 0.401. The molecule has 0 aliphatic carbocycles. The summed E-state index contributed by atoms with van der Waals surface area (Å²) >= 11 is 0. The molecular weight excluding hydrogens is 504 g/mol. The van der Waals surface area contributed by atoms with E-state index in [9.17, 15) is 0 Å². The van der Waals surface area contributed by atoms with Crippen LogP contribution < -0.4 is 5.32 Å². The van der Waals surface area contributed by atoms with Crippen molar-refractivity contribution in [3.63, 3.8) is 0 Å². The summed E-state index contributed by atoms with van der Waals surface area (Å²) in [5.74, 6) is 1.54. The van der Waals surface area contributed by atoms with Crippen molar-refractivity contribution in [2.45, 2.75) is 6.17 Å². The second-order valence-corrected chi connectivity index (χ2v) is 10.1. The summed E-state index contributed by atoms with van der Waals surface area (Å²) in [5, 5.41) is 6.62. The van der Waals surface area contributed by atoms with Crippen LogP contribution in [0.4, 0.5) is 0 Å². The van der Waals surface area contributed by atoms with Crippen molar-refractivity contribution in [3.05, 3.63) is 150 Å². The number of pyridine rings is 1. The predicted octanol–water partition coefficient (Wildman–Crippen LogP) is 8.30. The van der Waals surface area contributed by atoms with Crippen LogP contribution in [0.2, 0.25) is 0 Å². The topological polar surface area (TPSA) is 62.8 Å². The van der Waals surface area contributed by atoms with Crippen LogP contribution in [0, 0.1) is 0 Å². The Morgan fingerprint density at radius 2 is 1.32 bits per heavy atom. The molecule has 0 spiro atoms. The van der Waals surface area contributed by atoms with Crippen molar-refractivity contribution in [3.8, 4) is 11.1 Å². The zero-order valence-electron chi connectivity index (χ0n) is 22.0. The van der Waals surface area contributed by atoms with Crippen LogP contribution in [0.3, 0.4) is 0 Å². The Balaban J connectivity index is 1.28. The highest BCUT2D eigenvalue weighted by atomic mass is 16.3. The smallest absolute Gasteiger partial charge is 0.169 e. The maximum atomic E-state index is 6.33. The van der Waals surface area contributed by atoms with Crippen LogP contribution in [0.5, 0.6) is 0 Å². The number of furan rings is 1. The molecule has 2 aromatic heterocycles. The Bertz CT molecular complexity index is 2110. The SMILES string of the molecule is c1ccc(C2=NC(c3ccc(-c4ccccc4)cc3)N=C(c3cccc4oc5cc6cccnc6cc5c34)N2)cc1. The van der Waals surface area contributed by atoms with E-state index in [0.717, 1.165) is 66.8 Å². The first-order valence-corrected chi connectivity index (χ1v) is 13.6. The van der Waals surface area contributed by atoms with Gasteiger partial charge in [-0.15, -0.1) is 0 Å². The molecule has 0 amide bonds. The monoisotopic (exact) mass is 528 g/mol. The fourth-order valence-electron chi connectivity index (χ4n) is 5.55. The summed E-state index contributed by atoms with van der Waals surface area (Å²) in [6, 6.07) is 43.4. The molecule has 0 saturated carbocycles. The molecule has 5 heteroatoms. The summed E-state index contributed by atoms with van der Waals surface area (Å²) in [5.41, 5.74) is 7.91. The Morgan fingerprint density at radius 1 is 0.585 bits per heavy atom. The van der Waals surface area contributed by atoms with Crippen molar-refractivity contribution in [1.29, 1.82) is 0 Å². The normalized spacial score (nSPS) is 15.1. The molecule has 194 valence electrons. The molecule has 0 fully saturated rings. The van der Waals surface area contributed by atoms with Crippen LogP contribution in [-0.4, -0.2) is 16.7 Å². The lowest BCUT2D eigenvalue weighted by atomic mass is 10.0. The maximum absolute atomic E-state index is 6.33. The number of hydrogen-bond donors (Lipinski definition) is 1. The Hall–Kier alpha value is -5.55. The largest absolute Gasteiger partial charge is 0.456 e. The first-order chi connectivity index (χ1) is 20.3. The van der Waals surface area contributed by atoms with Gasteiger partial charge in [-0.2, -0.15) is 0 Å². The number of aliphatic imine (C=N–C) groups is 2. The first-order valence-electron chi connectivity index (χ1n) is 13.6. The molecule has 3 heterocycles. The van der Waals surface area contributed by atoms with Crippen LogP contribution in [0.15, 0.2) is 148 Å². The van der Waals surface area contributed by atoms with E-state index in [1.165, 1.54) is 5.56 Å². The lowest BCUT2D eigenvalue weighted by molar-refractivity contribution is 0.669. The van der Waals surface area contributed by atoms with Gasteiger partial charge in [0.2, 0.25) is 0 Å². The van der Waals surface area contributed by atoms with Gasteiger partial charge in [0, 0.05) is 33.5 Å². The van der Waals surface area contributed by atoms with Crippen molar-refractivity contribution < 1.29 is 4.42 Å². The lowest BCUT2D eigenvalue weighted by Gasteiger charge is -2.23. The molecular formula is C36H24N4O. The molecule has 0 radical (unpaired) electrons. The van der Waals surface area contributed by atoms with Crippen molar-refractivity contribution in [2.75, 3.05) is 0 Å². The molecule has 1 atom stereocenters. The Labute approximate surface area is 236 Å². The first kappa shape index (κ1) is 23.3. The van der Waals surface area contributed by atoms with E-state index in [2.05, 4.69) is 95.2 Å².